The van der Waals surface area contributed by atoms with Gasteiger partial charge in [0.25, 0.3) is 0 Å². The molecule has 31 heteroatoms. The standard InChI is InChI=1S/C60H107N13O18/c1-6-8-10-12-13-14-16-21-25-39(77)27-28-41-54(85)65-34-49(82)64-30-29-48(81)67-40(26-22-18-15-17-20-24-38(76)23-19-11-9-7-2)55(86)70-44(33-47(62)80)57(88)71-43(32-46(61)79)56(87)66-35(3)53(84)69-42(31-45(78)52(63)83)58(89)72-51(37(5)75)60(91)73-50(36(4)74)59(90)68-41/h35-45,50-51,74-78H,6-34H2,1-5H3,(H2,61,79)(H2,62,80)(H2,63,83)(H,64,82)(H,65,85)(H,66,87)(H,67,81)(H,68,90)(H,69,84)(H,70,86)(H,71,88)(H,72,89)(H,73,91)/t35-,36-,37-,38+,39+,40-,41-,42+,43+,44-,45-,50+,51-/m1/s1. The van der Waals surface area contributed by atoms with Crippen LogP contribution < -0.4 is 70.4 Å². The van der Waals surface area contributed by atoms with Gasteiger partial charge in [-0.2, -0.15) is 0 Å². The van der Waals surface area contributed by atoms with Crippen molar-refractivity contribution >= 4 is 76.8 Å². The Balaban J connectivity index is 3.77. The summed E-state index contributed by atoms with van der Waals surface area (Å²) in [7, 11) is 0. The average molecular weight is 1300 g/mol. The highest BCUT2D eigenvalue weighted by Gasteiger charge is 2.38. The molecule has 0 bridgehead atoms. The molecular weight excluding hydrogens is 1190 g/mol. The van der Waals surface area contributed by atoms with E-state index >= 15 is 0 Å². The zero-order valence-corrected chi connectivity index (χ0v) is 53.8. The van der Waals surface area contributed by atoms with Gasteiger partial charge in [0.2, 0.25) is 76.8 Å². The molecule has 520 valence electrons. The van der Waals surface area contributed by atoms with Crippen molar-refractivity contribution < 1.29 is 87.9 Å². The molecule has 0 aromatic heterocycles. The van der Waals surface area contributed by atoms with Crippen LogP contribution in [-0.4, -0.2) is 194 Å². The SMILES string of the molecule is CCCCCCCCCC[C@H](O)CC[C@H]1NC(=O)[C@H]([C@@H](C)O)NC(=O)[C@@H]([C@@H](C)O)NC(=O)[C@H](C[C@@H](O)C(N)=O)NC(=O)[C@@H](C)NC(=O)[C@H](CC(N)=O)NC(=O)[C@@H](CC(N)=O)NC(=O)[C@@H](CCCCCCC[C@@H](O)CCCCCC)NC(=O)CCNC(=O)CNC1=O. The highest BCUT2D eigenvalue weighted by molar-refractivity contribution is 6.00. The molecule has 1 aliphatic heterocycles. The van der Waals surface area contributed by atoms with Crippen LogP contribution in [0.4, 0.5) is 0 Å². The average Bonchev–Trinajstić information content (AvgIpc) is 2.42. The Kier molecular flexibility index (Phi) is 41.5. The van der Waals surface area contributed by atoms with Crippen molar-refractivity contribution in [1.29, 1.82) is 0 Å². The largest absolute Gasteiger partial charge is 0.393 e. The van der Waals surface area contributed by atoms with Gasteiger partial charge in [-0.15, -0.1) is 0 Å². The van der Waals surface area contributed by atoms with Crippen LogP contribution in [0.2, 0.25) is 0 Å². The summed E-state index contributed by atoms with van der Waals surface area (Å²) in [6, 6.07) is -14.4. The minimum atomic E-state index is -2.15. The predicted octanol–water partition coefficient (Wildman–Crippen LogP) is -3.00. The topological polar surface area (TPSA) is 521 Å². The highest BCUT2D eigenvalue weighted by atomic mass is 16.3. The molecule has 1 saturated heterocycles. The van der Waals surface area contributed by atoms with E-state index in [0.29, 0.717) is 44.9 Å². The molecule has 0 aromatic carbocycles. The molecule has 0 aromatic rings. The number of carbonyl (C=O) groups excluding carboxylic acids is 13. The maximum atomic E-state index is 14.1. The highest BCUT2D eigenvalue weighted by Crippen LogP contribution is 2.17. The number of unbranched alkanes of at least 4 members (excludes halogenated alkanes) is 14. The van der Waals surface area contributed by atoms with E-state index in [1.54, 1.807) is 0 Å². The summed E-state index contributed by atoms with van der Waals surface area (Å²) in [6.07, 6.45) is 6.31. The summed E-state index contributed by atoms with van der Waals surface area (Å²) >= 11 is 0. The third-order valence-corrected chi connectivity index (χ3v) is 15.4. The second-order valence-corrected chi connectivity index (χ2v) is 23.7. The van der Waals surface area contributed by atoms with Gasteiger partial charge in [-0.3, -0.25) is 62.3 Å². The van der Waals surface area contributed by atoms with Crippen molar-refractivity contribution in [2.45, 2.75) is 287 Å². The first-order valence-electron chi connectivity index (χ1n) is 32.2. The Morgan fingerprint density at radius 1 is 0.429 bits per heavy atom. The number of hydrogen-bond acceptors (Lipinski definition) is 18. The Hall–Kier alpha value is -7.09. The number of rotatable bonds is 34. The van der Waals surface area contributed by atoms with Crippen LogP contribution in [0.25, 0.3) is 0 Å². The quantitative estimate of drug-likeness (QED) is 0.0286. The summed E-state index contributed by atoms with van der Waals surface area (Å²) in [6.45, 7) is 6.34. The molecule has 91 heavy (non-hydrogen) atoms. The van der Waals surface area contributed by atoms with Crippen molar-refractivity contribution in [3.63, 3.8) is 0 Å². The zero-order valence-electron chi connectivity index (χ0n) is 53.8. The molecule has 0 unspecified atom stereocenters. The van der Waals surface area contributed by atoms with E-state index in [1.165, 1.54) is 0 Å². The molecule has 1 rings (SSSR count). The maximum Gasteiger partial charge on any atom is 0.246 e. The Morgan fingerprint density at radius 2 is 0.824 bits per heavy atom. The Morgan fingerprint density at radius 3 is 1.32 bits per heavy atom. The number of aliphatic hydroxyl groups is 5. The second kappa shape index (κ2) is 46.0. The van der Waals surface area contributed by atoms with Gasteiger partial charge in [0, 0.05) is 19.4 Å². The first-order chi connectivity index (χ1) is 43.0. The molecule has 1 aliphatic rings. The lowest BCUT2D eigenvalue weighted by atomic mass is 10.0. The van der Waals surface area contributed by atoms with Crippen LogP contribution in [0, 0.1) is 0 Å². The molecule has 31 nitrogen and oxygen atoms in total. The summed E-state index contributed by atoms with van der Waals surface area (Å²) < 4.78 is 0. The van der Waals surface area contributed by atoms with Gasteiger partial charge in [-0.1, -0.05) is 123 Å². The Labute approximate surface area is 533 Å². The molecule has 21 N–H and O–H groups in total. The van der Waals surface area contributed by atoms with E-state index in [9.17, 15) is 87.9 Å². The van der Waals surface area contributed by atoms with Crippen molar-refractivity contribution in [3.05, 3.63) is 0 Å². The first kappa shape index (κ1) is 81.9. The van der Waals surface area contributed by atoms with Crippen LogP contribution in [0.5, 0.6) is 0 Å². The first-order valence-corrected chi connectivity index (χ1v) is 32.2. The van der Waals surface area contributed by atoms with Gasteiger partial charge in [0.1, 0.15) is 54.4 Å². The van der Waals surface area contributed by atoms with E-state index in [-0.39, 0.29) is 25.8 Å². The van der Waals surface area contributed by atoms with Crippen LogP contribution in [0.15, 0.2) is 0 Å². The number of nitrogens with two attached hydrogens (primary N) is 3. The fraction of sp³-hybridized carbons (Fsp3) is 0.783. The lowest BCUT2D eigenvalue weighted by Gasteiger charge is -2.29. The van der Waals surface area contributed by atoms with E-state index in [4.69, 9.17) is 17.2 Å². The molecule has 0 spiro atoms. The minimum Gasteiger partial charge on any atom is -0.393 e. The summed E-state index contributed by atoms with van der Waals surface area (Å²) in [5, 5.41) is 76.6. The van der Waals surface area contributed by atoms with E-state index in [2.05, 4.69) is 67.0 Å². The molecule has 13 atom stereocenters. The van der Waals surface area contributed by atoms with Crippen LogP contribution in [0.1, 0.15) is 208 Å². The maximum absolute atomic E-state index is 14.1. The van der Waals surface area contributed by atoms with Crippen LogP contribution in [-0.2, 0) is 62.3 Å². The smallest absolute Gasteiger partial charge is 0.246 e. The van der Waals surface area contributed by atoms with Gasteiger partial charge in [0.05, 0.1) is 43.8 Å². The number of carbonyl (C=O) groups is 13. The normalized spacial score (nSPS) is 23.7. The van der Waals surface area contributed by atoms with Crippen molar-refractivity contribution in [2.75, 3.05) is 13.1 Å². The lowest BCUT2D eigenvalue weighted by molar-refractivity contribution is -0.139. The number of amides is 13. The van der Waals surface area contributed by atoms with Gasteiger partial charge in [-0.25, -0.2) is 0 Å². The van der Waals surface area contributed by atoms with Crippen LogP contribution in [0.3, 0.4) is 0 Å². The van der Waals surface area contributed by atoms with E-state index in [0.717, 1.165) is 104 Å². The van der Waals surface area contributed by atoms with Crippen LogP contribution >= 0.6 is 0 Å². The minimum absolute atomic E-state index is 0.0169. The summed E-state index contributed by atoms with van der Waals surface area (Å²) in [5.41, 5.74) is 16.1. The molecule has 13 amide bonds. The third-order valence-electron chi connectivity index (χ3n) is 15.4. The molecule has 0 radical (unpaired) electrons. The monoisotopic (exact) mass is 1300 g/mol. The molecule has 0 saturated carbocycles. The summed E-state index contributed by atoms with van der Waals surface area (Å²) in [4.78, 5) is 174. The van der Waals surface area contributed by atoms with Gasteiger partial charge in [-0.05, 0) is 59.3 Å². The zero-order chi connectivity index (χ0) is 68.6. The lowest BCUT2D eigenvalue weighted by Crippen LogP contribution is -2.63. The van der Waals surface area contributed by atoms with Gasteiger partial charge in [0.15, 0.2) is 0 Å². The Bertz CT molecular complexity index is 2330. The number of nitrogens with one attached hydrogen (secondary N) is 10. The third kappa shape index (κ3) is 35.9. The van der Waals surface area contributed by atoms with E-state index < -0.39 is 188 Å². The number of primary amides is 3. The van der Waals surface area contributed by atoms with Crippen molar-refractivity contribution in [1.82, 2.24) is 53.2 Å². The molecule has 1 heterocycles. The predicted molar refractivity (Wildman–Crippen MR) is 332 cm³/mol. The molecule has 0 aliphatic carbocycles. The second-order valence-electron chi connectivity index (χ2n) is 23.7. The number of hydrogen-bond donors (Lipinski definition) is 18. The molecular formula is C60H107N13O18. The fourth-order valence-corrected chi connectivity index (χ4v) is 9.88. The van der Waals surface area contributed by atoms with Crippen molar-refractivity contribution in [2.24, 2.45) is 17.2 Å². The summed E-state index contributed by atoms with van der Waals surface area (Å²) in [5.74, 6) is -14.9. The van der Waals surface area contributed by atoms with Crippen molar-refractivity contribution in [3.8, 4) is 0 Å². The molecule has 1 fully saturated rings. The van der Waals surface area contributed by atoms with Gasteiger partial charge < -0.3 is 95.9 Å². The van der Waals surface area contributed by atoms with E-state index in [1.807, 2.05) is 0 Å². The number of aliphatic hydroxyl groups excluding tert-OH is 5. The fourth-order valence-electron chi connectivity index (χ4n) is 9.88. The van der Waals surface area contributed by atoms with Gasteiger partial charge >= 0.3 is 0 Å².